The van der Waals surface area contributed by atoms with Crippen LogP contribution in [0.3, 0.4) is 0 Å². The topological polar surface area (TPSA) is 73.9 Å². The molecule has 0 saturated carbocycles. The van der Waals surface area contributed by atoms with Gasteiger partial charge >= 0.3 is 7.12 Å². The number of thiophene rings is 1. The van der Waals surface area contributed by atoms with Gasteiger partial charge in [0.2, 0.25) is 10.0 Å². The SMILES string of the molecule is CC1(C)OB(c2ccc(S(=O)(=O)NCCO[Si](C)(C)C(C)(C)C)s2)OC1(C)C. The first-order valence-corrected chi connectivity index (χ1v) is 14.8. The predicted molar refractivity (Wildman–Crippen MR) is 118 cm³/mol. The molecule has 6 nitrogen and oxygen atoms in total. The Bertz CT molecular complexity index is 783. The maximum Gasteiger partial charge on any atom is 0.505 e. The Hall–Kier alpha value is -0.228. The summed E-state index contributed by atoms with van der Waals surface area (Å²) in [6, 6.07) is 3.36. The second-order valence-corrected chi connectivity index (χ2v) is 17.7. The van der Waals surface area contributed by atoms with Crippen molar-refractivity contribution in [3.8, 4) is 0 Å². The average Bonchev–Trinajstić information content (AvgIpc) is 3.07. The minimum absolute atomic E-state index is 0.0946. The van der Waals surface area contributed by atoms with E-state index in [2.05, 4.69) is 38.6 Å². The highest BCUT2D eigenvalue weighted by Gasteiger charge is 2.52. The summed E-state index contributed by atoms with van der Waals surface area (Å²) >= 11 is 1.17. The summed E-state index contributed by atoms with van der Waals surface area (Å²) in [6.07, 6.45) is 0. The van der Waals surface area contributed by atoms with Crippen LogP contribution >= 0.6 is 11.3 Å². The fourth-order valence-electron chi connectivity index (χ4n) is 2.33. The maximum absolute atomic E-state index is 12.6. The van der Waals surface area contributed by atoms with Crippen molar-refractivity contribution in [2.24, 2.45) is 0 Å². The molecule has 10 heteroatoms. The molecule has 0 amide bonds. The van der Waals surface area contributed by atoms with Gasteiger partial charge in [-0.25, -0.2) is 13.1 Å². The predicted octanol–water partition coefficient (Wildman–Crippen LogP) is 3.35. The Morgan fingerprint density at radius 3 is 2.18 bits per heavy atom. The van der Waals surface area contributed by atoms with Crippen LogP contribution in [-0.4, -0.2) is 48.2 Å². The molecule has 1 aliphatic heterocycles. The highest BCUT2D eigenvalue weighted by atomic mass is 32.2. The zero-order valence-corrected chi connectivity index (χ0v) is 21.1. The van der Waals surface area contributed by atoms with Gasteiger partial charge in [0.15, 0.2) is 8.32 Å². The lowest BCUT2D eigenvalue weighted by molar-refractivity contribution is 0.00578. The Morgan fingerprint density at radius 1 is 1.14 bits per heavy atom. The van der Waals surface area contributed by atoms with Crippen LogP contribution in [0.5, 0.6) is 0 Å². The van der Waals surface area contributed by atoms with Crippen LogP contribution in [0, 0.1) is 0 Å². The molecule has 0 radical (unpaired) electrons. The third kappa shape index (κ3) is 5.08. The van der Waals surface area contributed by atoms with E-state index < -0.39 is 36.7 Å². The van der Waals surface area contributed by atoms with Gasteiger partial charge in [-0.05, 0) is 51.9 Å². The number of hydrogen-bond acceptors (Lipinski definition) is 6. The monoisotopic (exact) mass is 447 g/mol. The summed E-state index contributed by atoms with van der Waals surface area (Å²) in [5.74, 6) is 0. The molecule has 0 bridgehead atoms. The molecule has 1 aromatic rings. The van der Waals surface area contributed by atoms with Gasteiger partial charge in [0, 0.05) is 17.9 Å². The van der Waals surface area contributed by atoms with Crippen LogP contribution in [0.2, 0.25) is 18.1 Å². The zero-order valence-electron chi connectivity index (χ0n) is 18.5. The first kappa shape index (κ1) is 24.0. The second kappa shape index (κ2) is 7.79. The summed E-state index contributed by atoms with van der Waals surface area (Å²) in [5.41, 5.74) is -0.917. The molecule has 1 N–H and O–H groups in total. The van der Waals surface area contributed by atoms with Crippen molar-refractivity contribution in [1.29, 1.82) is 0 Å². The third-order valence-electron chi connectivity index (χ3n) is 6.02. The van der Waals surface area contributed by atoms with E-state index in [1.54, 1.807) is 12.1 Å². The van der Waals surface area contributed by atoms with E-state index in [4.69, 9.17) is 13.7 Å². The van der Waals surface area contributed by atoms with Crippen molar-refractivity contribution in [1.82, 2.24) is 4.72 Å². The van der Waals surface area contributed by atoms with E-state index in [1.807, 2.05) is 27.7 Å². The Labute approximate surface area is 175 Å². The number of nitrogens with one attached hydrogen (secondary N) is 1. The van der Waals surface area contributed by atoms with E-state index in [0.717, 1.165) is 4.78 Å². The smallest absolute Gasteiger partial charge is 0.415 e. The fourth-order valence-corrected chi connectivity index (χ4v) is 5.72. The van der Waals surface area contributed by atoms with Gasteiger partial charge < -0.3 is 13.7 Å². The van der Waals surface area contributed by atoms with Gasteiger partial charge in [-0.1, -0.05) is 26.8 Å². The minimum atomic E-state index is -3.59. The summed E-state index contributed by atoms with van der Waals surface area (Å²) < 4.78 is 46.9. The van der Waals surface area contributed by atoms with Crippen molar-refractivity contribution in [3.05, 3.63) is 12.1 Å². The minimum Gasteiger partial charge on any atom is -0.415 e. The molecule has 1 saturated heterocycles. The van der Waals surface area contributed by atoms with Crippen molar-refractivity contribution >= 4 is 41.6 Å². The highest BCUT2D eigenvalue weighted by molar-refractivity contribution is 7.91. The van der Waals surface area contributed by atoms with Crippen molar-refractivity contribution < 1.29 is 22.2 Å². The first-order valence-electron chi connectivity index (χ1n) is 9.58. The largest absolute Gasteiger partial charge is 0.505 e. The molecule has 160 valence electrons. The van der Waals surface area contributed by atoms with Gasteiger partial charge in [-0.3, -0.25) is 0 Å². The number of rotatable bonds is 7. The van der Waals surface area contributed by atoms with E-state index in [0.29, 0.717) is 6.61 Å². The summed E-state index contributed by atoms with van der Waals surface area (Å²) in [5, 5.41) is 0.0946. The van der Waals surface area contributed by atoms with Crippen LogP contribution in [0.15, 0.2) is 16.3 Å². The van der Waals surface area contributed by atoms with Gasteiger partial charge in [0.25, 0.3) is 0 Å². The molecule has 0 spiro atoms. The number of sulfonamides is 1. The third-order valence-corrected chi connectivity index (χ3v) is 13.6. The van der Waals surface area contributed by atoms with Crippen LogP contribution < -0.4 is 9.50 Å². The zero-order chi connectivity index (χ0) is 21.6. The van der Waals surface area contributed by atoms with Crippen molar-refractivity contribution in [2.45, 2.75) is 82.0 Å². The van der Waals surface area contributed by atoms with E-state index in [9.17, 15) is 8.42 Å². The van der Waals surface area contributed by atoms with Crippen LogP contribution in [0.1, 0.15) is 48.5 Å². The lowest BCUT2D eigenvalue weighted by atomic mass is 9.88. The van der Waals surface area contributed by atoms with Crippen molar-refractivity contribution in [3.63, 3.8) is 0 Å². The van der Waals surface area contributed by atoms with Crippen LogP contribution in [0.4, 0.5) is 0 Å². The highest BCUT2D eigenvalue weighted by Crippen LogP contribution is 2.37. The molecule has 0 unspecified atom stereocenters. The van der Waals surface area contributed by atoms with Crippen LogP contribution in [-0.2, 0) is 23.8 Å². The molecule has 1 aromatic heterocycles. The standard InChI is InChI=1S/C18H34BNO5S2Si/c1-16(2,3)28(8,9)23-13-12-20-27(21,22)15-11-10-14(26-15)19-24-17(4,5)18(6,7)25-19/h10-11,20H,12-13H2,1-9H3. The molecule has 0 atom stereocenters. The van der Waals surface area contributed by atoms with Gasteiger partial charge in [0.05, 0.1) is 11.2 Å². The molecule has 28 heavy (non-hydrogen) atoms. The molecule has 2 heterocycles. The fraction of sp³-hybridized carbons (Fsp3) is 0.778. The van der Waals surface area contributed by atoms with E-state index in [1.165, 1.54) is 11.3 Å². The molecular formula is C18H34BNO5S2Si. The van der Waals surface area contributed by atoms with E-state index in [-0.39, 0.29) is 15.8 Å². The molecule has 0 aliphatic carbocycles. The first-order chi connectivity index (χ1) is 12.5. The van der Waals surface area contributed by atoms with Gasteiger partial charge in [-0.15, -0.1) is 11.3 Å². The molecule has 0 aromatic carbocycles. The number of hydrogen-bond donors (Lipinski definition) is 1. The van der Waals surface area contributed by atoms with Gasteiger partial charge in [-0.2, -0.15) is 0 Å². The molecule has 1 fully saturated rings. The summed E-state index contributed by atoms with van der Waals surface area (Å²) in [6.45, 7) is 19.3. The summed E-state index contributed by atoms with van der Waals surface area (Å²) in [7, 11) is -6.03. The lowest BCUT2D eigenvalue weighted by Crippen LogP contribution is -2.42. The summed E-state index contributed by atoms with van der Waals surface area (Å²) in [4.78, 5) is 0. The van der Waals surface area contributed by atoms with Gasteiger partial charge in [0.1, 0.15) is 4.21 Å². The maximum atomic E-state index is 12.6. The molecule has 1 aliphatic rings. The van der Waals surface area contributed by atoms with Crippen LogP contribution in [0.25, 0.3) is 0 Å². The Morgan fingerprint density at radius 2 is 1.68 bits per heavy atom. The quantitative estimate of drug-likeness (QED) is 0.513. The van der Waals surface area contributed by atoms with Crippen molar-refractivity contribution in [2.75, 3.05) is 13.2 Å². The second-order valence-electron chi connectivity index (χ2n) is 9.75. The Kier molecular flexibility index (Phi) is 6.69. The Balaban J connectivity index is 1.97. The molecular weight excluding hydrogens is 413 g/mol. The average molecular weight is 448 g/mol. The van der Waals surface area contributed by atoms with E-state index >= 15 is 0 Å². The molecule has 2 rings (SSSR count). The lowest BCUT2D eigenvalue weighted by Gasteiger charge is -2.36. The normalized spacial score (nSPS) is 20.0.